The first-order valence-electron chi connectivity index (χ1n) is 9.03. The summed E-state index contributed by atoms with van der Waals surface area (Å²) in [6, 6.07) is 8.60. The molecule has 2 aromatic heterocycles. The Balaban J connectivity index is 1.54. The number of fused-ring (bicyclic) bond motifs is 1. The lowest BCUT2D eigenvalue weighted by Crippen LogP contribution is -2.31. The number of nitrogens with zero attached hydrogens (tertiary/aromatic N) is 6. The van der Waals surface area contributed by atoms with E-state index in [0.29, 0.717) is 35.3 Å². The zero-order chi connectivity index (χ0) is 21.1. The van der Waals surface area contributed by atoms with E-state index in [1.165, 1.54) is 19.5 Å². The lowest BCUT2D eigenvalue weighted by molar-refractivity contribution is 0.0593. The first-order chi connectivity index (χ1) is 14.6. The predicted octanol–water partition coefficient (Wildman–Crippen LogP) is 3.56. The van der Waals surface area contributed by atoms with Gasteiger partial charge in [0.25, 0.3) is 0 Å². The number of methoxy groups -OCH3 is 1. The smallest absolute Gasteiger partial charge is 0.358 e. The van der Waals surface area contributed by atoms with E-state index in [4.69, 9.17) is 18.2 Å². The van der Waals surface area contributed by atoms with Gasteiger partial charge in [-0.05, 0) is 30.7 Å². The highest BCUT2D eigenvalue weighted by atomic mass is 35.5. The van der Waals surface area contributed by atoms with Gasteiger partial charge in [-0.2, -0.15) is 0 Å². The summed E-state index contributed by atoms with van der Waals surface area (Å²) in [6.07, 6.45) is 2.21. The summed E-state index contributed by atoms with van der Waals surface area (Å²) in [6.45, 7) is 8.46. The largest absolute Gasteiger partial charge is 0.464 e. The van der Waals surface area contributed by atoms with E-state index in [9.17, 15) is 4.79 Å². The lowest BCUT2D eigenvalue weighted by Gasteiger charge is -2.31. The maximum absolute atomic E-state index is 11.5. The summed E-state index contributed by atoms with van der Waals surface area (Å²) in [5, 5.41) is 11.5. The molecule has 30 heavy (non-hydrogen) atoms. The van der Waals surface area contributed by atoms with Crippen LogP contribution >= 0.6 is 11.6 Å². The molecule has 0 atom stereocenters. The Morgan fingerprint density at radius 2 is 2.13 bits per heavy atom. The van der Waals surface area contributed by atoms with Crippen LogP contribution in [0.5, 0.6) is 0 Å². The number of hydrogen-bond acceptors (Lipinski definition) is 8. The number of benzene rings is 1. The second-order valence-corrected chi connectivity index (χ2v) is 6.89. The van der Waals surface area contributed by atoms with Crippen LogP contribution in [0.3, 0.4) is 0 Å². The van der Waals surface area contributed by atoms with E-state index < -0.39 is 5.97 Å². The van der Waals surface area contributed by atoms with Crippen molar-refractivity contribution in [2.75, 3.05) is 23.9 Å². The van der Waals surface area contributed by atoms with Gasteiger partial charge < -0.3 is 15.0 Å². The Morgan fingerprint density at radius 1 is 1.27 bits per heavy atom. The molecule has 1 N–H and O–H groups in total. The van der Waals surface area contributed by atoms with E-state index in [1.807, 2.05) is 6.07 Å². The minimum absolute atomic E-state index is 0.131. The fourth-order valence-corrected chi connectivity index (χ4v) is 3.42. The number of anilines is 3. The van der Waals surface area contributed by atoms with Gasteiger partial charge in [0, 0.05) is 22.8 Å². The normalized spacial score (nSPS) is 12.6. The number of aromatic nitrogens is 4. The minimum atomic E-state index is -0.543. The van der Waals surface area contributed by atoms with Crippen LogP contribution in [-0.4, -0.2) is 39.8 Å². The Bertz CT molecular complexity index is 1140. The van der Waals surface area contributed by atoms with Crippen molar-refractivity contribution < 1.29 is 9.53 Å². The number of ether oxygens (including phenoxy) is 1. The van der Waals surface area contributed by atoms with E-state index in [0.717, 1.165) is 23.5 Å². The maximum Gasteiger partial charge on any atom is 0.358 e. The average molecular weight is 422 g/mol. The van der Waals surface area contributed by atoms with Gasteiger partial charge >= 0.3 is 5.97 Å². The molecule has 0 fully saturated rings. The highest BCUT2D eigenvalue weighted by molar-refractivity contribution is 6.33. The van der Waals surface area contributed by atoms with E-state index in [1.54, 1.807) is 18.2 Å². The molecule has 0 saturated carbocycles. The van der Waals surface area contributed by atoms with Gasteiger partial charge in [-0.15, -0.1) is 10.2 Å². The monoisotopic (exact) mass is 421 g/mol. The van der Waals surface area contributed by atoms with Crippen LogP contribution in [0.2, 0.25) is 5.02 Å². The highest BCUT2D eigenvalue weighted by Crippen LogP contribution is 2.33. The van der Waals surface area contributed by atoms with Crippen molar-refractivity contribution in [3.63, 3.8) is 0 Å². The molecule has 4 rings (SSSR count). The standard InChI is InChI=1S/C20H16ClN7O2/c1-22-15-4-3-12(9-14(15)21)28-8-7-13-17(10-28)23-11-24-19(13)25-18-6-5-16(26-27-18)20(29)30-2/h3-6,9,11H,7-8,10H2,2H3,(H,23,24,25,27). The molecular weight excluding hydrogens is 406 g/mol. The number of nitrogens with one attached hydrogen (secondary N) is 1. The first kappa shape index (κ1) is 19.5. The highest BCUT2D eigenvalue weighted by Gasteiger charge is 2.22. The van der Waals surface area contributed by atoms with E-state index >= 15 is 0 Å². The van der Waals surface area contributed by atoms with Gasteiger partial charge in [0.2, 0.25) is 5.69 Å². The topological polar surface area (TPSA) is 97.5 Å². The number of hydrogen-bond donors (Lipinski definition) is 1. The third-order valence-corrected chi connectivity index (χ3v) is 5.03. The molecule has 0 saturated heterocycles. The van der Waals surface area contributed by atoms with Crippen molar-refractivity contribution in [2.45, 2.75) is 13.0 Å². The zero-order valence-electron chi connectivity index (χ0n) is 16.0. The SMILES string of the molecule is [C-]#[N+]c1ccc(N2CCc3c(ncnc3Nc3ccc(C(=O)OC)nn3)C2)cc1Cl. The molecule has 1 aliphatic heterocycles. The molecule has 9 nitrogen and oxygen atoms in total. The molecule has 10 heteroatoms. The number of carbonyl (C=O) groups is 1. The summed E-state index contributed by atoms with van der Waals surface area (Å²) in [5.41, 5.74) is 3.40. The van der Waals surface area contributed by atoms with Crippen LogP contribution in [0.25, 0.3) is 4.85 Å². The van der Waals surface area contributed by atoms with Crippen LogP contribution in [0.15, 0.2) is 36.7 Å². The molecule has 1 aromatic carbocycles. The lowest BCUT2D eigenvalue weighted by atomic mass is 10.0. The molecule has 0 bridgehead atoms. The van der Waals surface area contributed by atoms with Crippen LogP contribution in [0.1, 0.15) is 21.7 Å². The second kappa shape index (κ2) is 8.31. The van der Waals surface area contributed by atoms with Crippen molar-refractivity contribution in [3.05, 3.63) is 70.1 Å². The summed E-state index contributed by atoms with van der Waals surface area (Å²) in [7, 11) is 1.29. The number of rotatable bonds is 4. The minimum Gasteiger partial charge on any atom is -0.464 e. The number of esters is 1. The van der Waals surface area contributed by atoms with Gasteiger partial charge in [0.1, 0.15) is 12.1 Å². The molecule has 3 aromatic rings. The maximum atomic E-state index is 11.5. The zero-order valence-corrected chi connectivity index (χ0v) is 16.7. The molecule has 0 aliphatic carbocycles. The number of halogens is 1. The fraction of sp³-hybridized carbons (Fsp3) is 0.200. The predicted molar refractivity (Wildman–Crippen MR) is 111 cm³/mol. The third-order valence-electron chi connectivity index (χ3n) is 4.73. The fourth-order valence-electron chi connectivity index (χ4n) is 3.20. The Labute approximate surface area is 177 Å². The van der Waals surface area contributed by atoms with Crippen LogP contribution in [0, 0.1) is 6.57 Å². The van der Waals surface area contributed by atoms with Gasteiger partial charge in [0.05, 0.1) is 25.9 Å². The first-order valence-corrected chi connectivity index (χ1v) is 9.40. The average Bonchev–Trinajstić information content (AvgIpc) is 2.79. The van der Waals surface area contributed by atoms with Crippen molar-refractivity contribution >= 4 is 40.6 Å². The molecule has 0 unspecified atom stereocenters. The van der Waals surface area contributed by atoms with Gasteiger partial charge in [-0.25, -0.2) is 19.6 Å². The Hall–Kier alpha value is -3.77. The molecule has 3 heterocycles. The van der Waals surface area contributed by atoms with Crippen LogP contribution in [0.4, 0.5) is 23.0 Å². The Morgan fingerprint density at radius 3 is 2.83 bits per heavy atom. The van der Waals surface area contributed by atoms with Crippen molar-refractivity contribution in [1.82, 2.24) is 20.2 Å². The molecular formula is C20H16ClN7O2. The summed E-state index contributed by atoms with van der Waals surface area (Å²) < 4.78 is 4.63. The van der Waals surface area contributed by atoms with Gasteiger partial charge in [-0.1, -0.05) is 17.7 Å². The van der Waals surface area contributed by atoms with E-state index in [2.05, 4.69) is 40.0 Å². The summed E-state index contributed by atoms with van der Waals surface area (Å²) >= 11 is 6.19. The van der Waals surface area contributed by atoms with Crippen molar-refractivity contribution in [2.24, 2.45) is 0 Å². The molecule has 0 spiro atoms. The molecule has 1 aliphatic rings. The third kappa shape index (κ3) is 3.86. The summed E-state index contributed by atoms with van der Waals surface area (Å²) in [4.78, 5) is 25.8. The van der Waals surface area contributed by atoms with Crippen molar-refractivity contribution in [1.29, 1.82) is 0 Å². The van der Waals surface area contributed by atoms with Crippen LogP contribution in [-0.2, 0) is 17.7 Å². The molecule has 0 amide bonds. The second-order valence-electron chi connectivity index (χ2n) is 6.49. The molecule has 0 radical (unpaired) electrons. The number of carbonyl (C=O) groups excluding carboxylic acids is 1. The van der Waals surface area contributed by atoms with E-state index in [-0.39, 0.29) is 5.69 Å². The van der Waals surface area contributed by atoms with Crippen molar-refractivity contribution in [3.8, 4) is 0 Å². The quantitative estimate of drug-likeness (QED) is 0.504. The van der Waals surface area contributed by atoms with Gasteiger partial charge in [-0.3, -0.25) is 0 Å². The van der Waals surface area contributed by atoms with Crippen LogP contribution < -0.4 is 10.2 Å². The Kier molecular flexibility index (Phi) is 5.41. The van der Waals surface area contributed by atoms with Gasteiger partial charge in [0.15, 0.2) is 11.5 Å². The molecule has 150 valence electrons. The summed E-state index contributed by atoms with van der Waals surface area (Å²) in [5.74, 6) is 0.576.